The summed E-state index contributed by atoms with van der Waals surface area (Å²) in [6, 6.07) is 5.22. The number of benzene rings is 1. The molecule has 68 valence electrons. The van der Waals surface area contributed by atoms with Gasteiger partial charge in [0.25, 0.3) is 0 Å². The van der Waals surface area contributed by atoms with Crippen molar-refractivity contribution in [3.05, 3.63) is 28.3 Å². The van der Waals surface area contributed by atoms with Crippen LogP contribution in [-0.4, -0.2) is 7.11 Å². The number of hydrogen-bond acceptors (Lipinski definition) is 3. The third-order valence-electron chi connectivity index (χ3n) is 1.71. The summed E-state index contributed by atoms with van der Waals surface area (Å²) in [5.74, 6) is 0.617. The third-order valence-corrected chi connectivity index (χ3v) is 2.02. The topological polar surface area (TPSA) is 59.0 Å². The van der Waals surface area contributed by atoms with Crippen molar-refractivity contribution in [2.75, 3.05) is 7.11 Å². The molecule has 0 amide bonds. The van der Waals surface area contributed by atoms with Crippen molar-refractivity contribution >= 4 is 11.6 Å². The summed E-state index contributed by atoms with van der Waals surface area (Å²) in [6.07, 6.45) is 0. The molecule has 0 saturated carbocycles. The lowest BCUT2D eigenvalue weighted by Gasteiger charge is -2.07. The summed E-state index contributed by atoms with van der Waals surface area (Å²) in [5.41, 5.74) is 6.67. The fourth-order valence-electron chi connectivity index (χ4n) is 1.04. The Hall–Kier alpha value is -1.24. The van der Waals surface area contributed by atoms with Gasteiger partial charge < -0.3 is 10.5 Å². The summed E-state index contributed by atoms with van der Waals surface area (Å²) in [5, 5.41) is 9.07. The van der Waals surface area contributed by atoms with Crippen LogP contribution < -0.4 is 10.5 Å². The monoisotopic (exact) mass is 196 g/mol. The number of methoxy groups -OCH3 is 1. The summed E-state index contributed by atoms with van der Waals surface area (Å²) in [7, 11) is 1.54. The zero-order valence-electron chi connectivity index (χ0n) is 7.17. The second-order valence-corrected chi connectivity index (χ2v) is 2.87. The molecule has 0 aliphatic carbocycles. The van der Waals surface area contributed by atoms with Crippen LogP contribution in [0, 0.1) is 11.3 Å². The van der Waals surface area contributed by atoms with Crippen LogP contribution in [0.4, 0.5) is 0 Å². The smallest absolute Gasteiger partial charge is 0.124 e. The average molecular weight is 197 g/mol. The van der Waals surface area contributed by atoms with Crippen molar-refractivity contribution in [2.45, 2.75) is 6.54 Å². The lowest BCUT2D eigenvalue weighted by molar-refractivity contribution is 0.410. The van der Waals surface area contributed by atoms with Gasteiger partial charge >= 0.3 is 0 Å². The minimum Gasteiger partial charge on any atom is -0.496 e. The molecule has 0 bridgehead atoms. The Morgan fingerprint density at radius 2 is 2.31 bits per heavy atom. The number of nitrogens with zero attached hydrogens (tertiary/aromatic N) is 1. The number of ether oxygens (including phenoxy) is 1. The highest BCUT2D eigenvalue weighted by Crippen LogP contribution is 2.26. The molecule has 0 aromatic heterocycles. The van der Waals surface area contributed by atoms with Gasteiger partial charge in [-0.3, -0.25) is 0 Å². The highest BCUT2D eigenvalue weighted by atomic mass is 35.5. The molecule has 0 unspecified atom stereocenters. The zero-order valence-corrected chi connectivity index (χ0v) is 7.93. The van der Waals surface area contributed by atoms with E-state index in [1.807, 2.05) is 6.07 Å². The van der Waals surface area contributed by atoms with Crippen LogP contribution in [0.25, 0.3) is 0 Å². The molecule has 0 saturated heterocycles. The predicted octanol–water partition coefficient (Wildman–Crippen LogP) is 1.68. The van der Waals surface area contributed by atoms with Crippen LogP contribution in [0.1, 0.15) is 11.1 Å². The fourth-order valence-corrected chi connectivity index (χ4v) is 1.23. The van der Waals surface area contributed by atoms with Gasteiger partial charge in [0.1, 0.15) is 11.8 Å². The molecule has 2 N–H and O–H groups in total. The van der Waals surface area contributed by atoms with Gasteiger partial charge in [-0.2, -0.15) is 5.26 Å². The van der Waals surface area contributed by atoms with Gasteiger partial charge in [0.2, 0.25) is 0 Å². The van der Waals surface area contributed by atoms with Gasteiger partial charge in [0.15, 0.2) is 0 Å². The van der Waals surface area contributed by atoms with E-state index in [4.69, 9.17) is 27.3 Å². The molecule has 0 atom stereocenters. The van der Waals surface area contributed by atoms with Gasteiger partial charge in [-0.05, 0) is 6.07 Å². The average Bonchev–Trinajstić information content (AvgIpc) is 2.17. The Labute approximate surface area is 81.7 Å². The molecule has 4 heteroatoms. The lowest BCUT2D eigenvalue weighted by Crippen LogP contribution is -2.00. The number of nitrogens with two attached hydrogens (primary N) is 1. The minimum absolute atomic E-state index is 0.328. The van der Waals surface area contributed by atoms with Crippen molar-refractivity contribution in [1.82, 2.24) is 0 Å². The quantitative estimate of drug-likeness (QED) is 0.783. The molecule has 0 fully saturated rings. The molecule has 0 aliphatic heterocycles. The van der Waals surface area contributed by atoms with Crippen molar-refractivity contribution in [3.8, 4) is 11.8 Å². The highest BCUT2D eigenvalue weighted by molar-refractivity contribution is 6.31. The predicted molar refractivity (Wildman–Crippen MR) is 50.6 cm³/mol. The first-order chi connectivity index (χ1) is 6.22. The van der Waals surface area contributed by atoms with Crippen LogP contribution >= 0.6 is 11.6 Å². The summed E-state index contributed by atoms with van der Waals surface area (Å²) < 4.78 is 5.04. The van der Waals surface area contributed by atoms with E-state index in [1.165, 1.54) is 7.11 Å². The maximum absolute atomic E-state index is 8.69. The SMILES string of the molecule is COc1cc(Cl)c(C#N)cc1CN. The van der Waals surface area contributed by atoms with Crippen LogP contribution in [0.3, 0.4) is 0 Å². The third kappa shape index (κ3) is 1.92. The first-order valence-corrected chi connectivity index (χ1v) is 4.07. The van der Waals surface area contributed by atoms with E-state index in [0.717, 1.165) is 5.56 Å². The number of halogens is 1. The van der Waals surface area contributed by atoms with Gasteiger partial charge in [0.05, 0.1) is 17.7 Å². The van der Waals surface area contributed by atoms with Crippen LogP contribution in [0.5, 0.6) is 5.75 Å². The normalized spacial score (nSPS) is 9.38. The summed E-state index contributed by atoms with van der Waals surface area (Å²) in [4.78, 5) is 0. The summed E-state index contributed by atoms with van der Waals surface area (Å²) in [6.45, 7) is 0.328. The van der Waals surface area contributed by atoms with E-state index in [-0.39, 0.29) is 0 Å². The highest BCUT2D eigenvalue weighted by Gasteiger charge is 2.07. The molecule has 1 rings (SSSR count). The van der Waals surface area contributed by atoms with E-state index < -0.39 is 0 Å². The molecule has 0 aliphatic rings. The molecule has 1 aromatic rings. The second-order valence-electron chi connectivity index (χ2n) is 2.46. The molecule has 0 heterocycles. The number of rotatable bonds is 2. The van der Waals surface area contributed by atoms with E-state index in [0.29, 0.717) is 22.9 Å². The van der Waals surface area contributed by atoms with Crippen molar-refractivity contribution in [1.29, 1.82) is 5.26 Å². The molecule has 13 heavy (non-hydrogen) atoms. The standard InChI is InChI=1S/C9H9ClN2O/c1-13-9-3-8(10)6(4-11)2-7(9)5-12/h2-3H,5,12H2,1H3. The van der Waals surface area contributed by atoms with Crippen molar-refractivity contribution in [3.63, 3.8) is 0 Å². The molecule has 0 spiro atoms. The van der Waals surface area contributed by atoms with E-state index in [9.17, 15) is 0 Å². The molecule has 0 radical (unpaired) electrons. The molecular weight excluding hydrogens is 188 g/mol. The maximum Gasteiger partial charge on any atom is 0.124 e. The largest absolute Gasteiger partial charge is 0.496 e. The van der Waals surface area contributed by atoms with Crippen LogP contribution in [0.2, 0.25) is 5.02 Å². The Morgan fingerprint density at radius 1 is 1.62 bits per heavy atom. The second kappa shape index (κ2) is 4.13. The van der Waals surface area contributed by atoms with Gasteiger partial charge in [-0.15, -0.1) is 0 Å². The van der Waals surface area contributed by atoms with Gasteiger partial charge in [-0.25, -0.2) is 0 Å². The molecule has 3 nitrogen and oxygen atoms in total. The fraction of sp³-hybridized carbons (Fsp3) is 0.222. The van der Waals surface area contributed by atoms with E-state index in [1.54, 1.807) is 12.1 Å². The van der Waals surface area contributed by atoms with Gasteiger partial charge in [0, 0.05) is 18.2 Å². The maximum atomic E-state index is 8.69. The van der Waals surface area contributed by atoms with E-state index in [2.05, 4.69) is 0 Å². The first-order valence-electron chi connectivity index (χ1n) is 3.69. The zero-order chi connectivity index (χ0) is 9.84. The lowest BCUT2D eigenvalue weighted by atomic mass is 10.1. The Bertz CT molecular complexity index is 357. The van der Waals surface area contributed by atoms with Crippen LogP contribution in [-0.2, 0) is 6.54 Å². The number of hydrogen-bond donors (Lipinski definition) is 1. The Kier molecular flexibility index (Phi) is 3.13. The van der Waals surface area contributed by atoms with Crippen molar-refractivity contribution in [2.24, 2.45) is 5.73 Å². The summed E-state index contributed by atoms with van der Waals surface area (Å²) >= 11 is 5.79. The number of nitriles is 1. The van der Waals surface area contributed by atoms with Gasteiger partial charge in [-0.1, -0.05) is 11.6 Å². The van der Waals surface area contributed by atoms with Crippen molar-refractivity contribution < 1.29 is 4.74 Å². The molecular formula is C9H9ClN2O. The van der Waals surface area contributed by atoms with Crippen LogP contribution in [0.15, 0.2) is 12.1 Å². The Morgan fingerprint density at radius 3 is 2.77 bits per heavy atom. The first kappa shape index (κ1) is 9.85. The molecule has 1 aromatic carbocycles. The minimum atomic E-state index is 0.328. The van der Waals surface area contributed by atoms with E-state index >= 15 is 0 Å². The Balaban J connectivity index is 3.28.